The Morgan fingerprint density at radius 1 is 1.35 bits per heavy atom. The van der Waals surface area contributed by atoms with Crippen LogP contribution in [0.1, 0.15) is 12.0 Å². The molecule has 0 saturated carbocycles. The van der Waals surface area contributed by atoms with Crippen molar-refractivity contribution in [2.45, 2.75) is 24.3 Å². The van der Waals surface area contributed by atoms with E-state index in [1.165, 1.54) is 12.1 Å². The first-order valence-corrected chi connectivity index (χ1v) is 7.72. The Hall–Kier alpha value is -1.44. The molecule has 0 aromatic heterocycles. The van der Waals surface area contributed by atoms with Crippen LogP contribution in [0, 0.1) is 6.92 Å². The molecule has 1 saturated heterocycles. The molecule has 2 rings (SSSR count). The highest BCUT2D eigenvalue weighted by Crippen LogP contribution is 2.14. The van der Waals surface area contributed by atoms with Gasteiger partial charge >= 0.3 is 0 Å². The number of nitrogens with one attached hydrogen (secondary N) is 1. The lowest BCUT2D eigenvalue weighted by Gasteiger charge is -2.22. The van der Waals surface area contributed by atoms with Crippen molar-refractivity contribution in [2.75, 3.05) is 19.8 Å². The lowest BCUT2D eigenvalue weighted by Crippen LogP contribution is -2.43. The van der Waals surface area contributed by atoms with Gasteiger partial charge in [0.1, 0.15) is 6.61 Å². The quantitative estimate of drug-likeness (QED) is 0.805. The van der Waals surface area contributed by atoms with E-state index >= 15 is 0 Å². The van der Waals surface area contributed by atoms with E-state index in [0.29, 0.717) is 13.0 Å². The van der Waals surface area contributed by atoms with Crippen molar-refractivity contribution in [1.82, 2.24) is 5.32 Å². The van der Waals surface area contributed by atoms with Gasteiger partial charge < -0.3 is 10.1 Å². The molecule has 7 heteroatoms. The molecule has 1 atom stereocenters. The summed E-state index contributed by atoms with van der Waals surface area (Å²) in [5.41, 5.74) is 0.982. The Morgan fingerprint density at radius 2 is 2.05 bits per heavy atom. The maximum atomic E-state index is 11.9. The number of hydrogen-bond donors (Lipinski definition) is 1. The second-order valence-electron chi connectivity index (χ2n) is 4.61. The minimum absolute atomic E-state index is 0.00930. The van der Waals surface area contributed by atoms with Gasteiger partial charge in [-0.25, -0.2) is 0 Å². The third-order valence-corrected chi connectivity index (χ3v) is 4.29. The molecular weight excluding hydrogens is 282 g/mol. The number of aryl methyl sites for hydroxylation is 1. The molecule has 0 spiro atoms. The summed E-state index contributed by atoms with van der Waals surface area (Å²) in [5.74, 6) is -0.158. The summed E-state index contributed by atoms with van der Waals surface area (Å²) in [4.78, 5) is 11.0. The zero-order chi connectivity index (χ0) is 14.6. The molecule has 0 radical (unpaired) electrons. The zero-order valence-corrected chi connectivity index (χ0v) is 12.0. The molecule has 110 valence electrons. The van der Waals surface area contributed by atoms with E-state index in [1.54, 1.807) is 12.1 Å². The van der Waals surface area contributed by atoms with Gasteiger partial charge in [-0.05, 0) is 19.1 Å². The summed E-state index contributed by atoms with van der Waals surface area (Å²) in [6.07, 6.45) is 0.201. The van der Waals surface area contributed by atoms with Crippen molar-refractivity contribution in [1.29, 1.82) is 0 Å². The minimum atomic E-state index is -3.73. The standard InChI is InChI=1S/C13H17NO5S/c1-10-2-4-12(5-3-10)20(16,17)19-7-6-11-8-14-13(15)9-18-11/h2-5,11H,6-9H2,1H3,(H,14,15). The lowest BCUT2D eigenvalue weighted by atomic mass is 10.2. The van der Waals surface area contributed by atoms with Crippen molar-refractivity contribution in [3.05, 3.63) is 29.8 Å². The van der Waals surface area contributed by atoms with Crippen molar-refractivity contribution in [3.8, 4) is 0 Å². The third-order valence-electron chi connectivity index (χ3n) is 2.97. The molecule has 1 aromatic carbocycles. The molecule has 1 N–H and O–H groups in total. The molecule has 1 heterocycles. The second kappa shape index (κ2) is 6.34. The molecule has 0 aliphatic carbocycles. The number of carbonyl (C=O) groups is 1. The molecular formula is C13H17NO5S. The second-order valence-corrected chi connectivity index (χ2v) is 6.23. The van der Waals surface area contributed by atoms with Crippen LogP contribution in [0.5, 0.6) is 0 Å². The van der Waals surface area contributed by atoms with Gasteiger partial charge in [0, 0.05) is 13.0 Å². The highest BCUT2D eigenvalue weighted by molar-refractivity contribution is 7.86. The van der Waals surface area contributed by atoms with Gasteiger partial charge in [-0.1, -0.05) is 17.7 Å². The predicted molar refractivity (Wildman–Crippen MR) is 71.7 cm³/mol. The van der Waals surface area contributed by atoms with E-state index < -0.39 is 10.1 Å². The zero-order valence-electron chi connectivity index (χ0n) is 11.2. The van der Waals surface area contributed by atoms with Gasteiger partial charge in [0.05, 0.1) is 17.6 Å². The van der Waals surface area contributed by atoms with Gasteiger partial charge in [0.25, 0.3) is 10.1 Å². The third kappa shape index (κ3) is 4.03. The number of carbonyl (C=O) groups excluding carboxylic acids is 1. The first kappa shape index (κ1) is 15.0. The van der Waals surface area contributed by atoms with Crippen LogP contribution in [-0.2, 0) is 23.8 Å². The van der Waals surface area contributed by atoms with Crippen LogP contribution >= 0.6 is 0 Å². The van der Waals surface area contributed by atoms with Gasteiger partial charge in [-0.15, -0.1) is 0 Å². The Labute approximate surface area is 118 Å². The monoisotopic (exact) mass is 299 g/mol. The van der Waals surface area contributed by atoms with Gasteiger partial charge in [0.2, 0.25) is 5.91 Å². The molecule has 20 heavy (non-hydrogen) atoms. The van der Waals surface area contributed by atoms with Gasteiger partial charge in [-0.3, -0.25) is 8.98 Å². The topological polar surface area (TPSA) is 81.7 Å². The van der Waals surface area contributed by atoms with E-state index in [9.17, 15) is 13.2 Å². The van der Waals surface area contributed by atoms with Crippen LogP contribution in [0.15, 0.2) is 29.2 Å². The summed E-state index contributed by atoms with van der Waals surface area (Å²) < 4.78 is 34.0. The number of amides is 1. The Kier molecular flexibility index (Phi) is 4.74. The van der Waals surface area contributed by atoms with Gasteiger partial charge in [0.15, 0.2) is 0 Å². The number of hydrogen-bond acceptors (Lipinski definition) is 5. The van der Waals surface area contributed by atoms with Crippen molar-refractivity contribution in [2.24, 2.45) is 0 Å². The molecule has 6 nitrogen and oxygen atoms in total. The summed E-state index contributed by atoms with van der Waals surface area (Å²) >= 11 is 0. The number of morpholine rings is 1. The first-order valence-electron chi connectivity index (χ1n) is 6.32. The van der Waals surface area contributed by atoms with Crippen molar-refractivity contribution in [3.63, 3.8) is 0 Å². The molecule has 1 aliphatic rings. The van der Waals surface area contributed by atoms with Crippen LogP contribution in [0.4, 0.5) is 0 Å². The Bertz CT molecular complexity index is 557. The van der Waals surface area contributed by atoms with Crippen LogP contribution in [0.25, 0.3) is 0 Å². The average molecular weight is 299 g/mol. The summed E-state index contributed by atoms with van der Waals surface area (Å²) in [6.45, 7) is 2.30. The fraction of sp³-hybridized carbons (Fsp3) is 0.462. The molecule has 1 aromatic rings. The van der Waals surface area contributed by atoms with E-state index in [-0.39, 0.29) is 30.1 Å². The fourth-order valence-corrected chi connectivity index (χ4v) is 2.70. The minimum Gasteiger partial charge on any atom is -0.366 e. The van der Waals surface area contributed by atoms with Gasteiger partial charge in [-0.2, -0.15) is 8.42 Å². The van der Waals surface area contributed by atoms with Crippen molar-refractivity contribution >= 4 is 16.0 Å². The summed E-state index contributed by atoms with van der Waals surface area (Å²) in [6, 6.07) is 6.47. The summed E-state index contributed by atoms with van der Waals surface area (Å²) in [5, 5.41) is 2.65. The maximum Gasteiger partial charge on any atom is 0.296 e. The SMILES string of the molecule is Cc1ccc(S(=O)(=O)OCCC2CNC(=O)CO2)cc1. The largest absolute Gasteiger partial charge is 0.366 e. The van der Waals surface area contributed by atoms with E-state index in [0.717, 1.165) is 5.56 Å². The molecule has 1 amide bonds. The number of benzene rings is 1. The first-order chi connectivity index (χ1) is 9.47. The number of ether oxygens (including phenoxy) is 1. The Balaban J connectivity index is 1.83. The molecule has 1 unspecified atom stereocenters. The van der Waals surface area contributed by atoms with E-state index in [1.807, 2.05) is 6.92 Å². The van der Waals surface area contributed by atoms with E-state index in [2.05, 4.69) is 5.32 Å². The molecule has 1 aliphatic heterocycles. The Morgan fingerprint density at radius 3 is 2.65 bits per heavy atom. The average Bonchev–Trinajstić information content (AvgIpc) is 2.41. The van der Waals surface area contributed by atoms with Crippen LogP contribution < -0.4 is 5.32 Å². The number of rotatable bonds is 5. The smallest absolute Gasteiger partial charge is 0.296 e. The molecule has 0 bridgehead atoms. The highest BCUT2D eigenvalue weighted by atomic mass is 32.2. The van der Waals surface area contributed by atoms with Crippen LogP contribution in [0.2, 0.25) is 0 Å². The van der Waals surface area contributed by atoms with E-state index in [4.69, 9.17) is 8.92 Å². The predicted octanol–water partition coefficient (Wildman–Crippen LogP) is 0.605. The van der Waals surface area contributed by atoms with Crippen LogP contribution in [-0.4, -0.2) is 40.2 Å². The lowest BCUT2D eigenvalue weighted by molar-refractivity contribution is -0.133. The van der Waals surface area contributed by atoms with Crippen LogP contribution in [0.3, 0.4) is 0 Å². The fourth-order valence-electron chi connectivity index (χ4n) is 1.78. The highest BCUT2D eigenvalue weighted by Gasteiger charge is 2.20. The van der Waals surface area contributed by atoms with Crippen molar-refractivity contribution < 1.29 is 22.1 Å². The summed E-state index contributed by atoms with van der Waals surface area (Å²) in [7, 11) is -3.73. The molecule has 1 fully saturated rings. The maximum absolute atomic E-state index is 11.9. The normalized spacial score (nSPS) is 19.6.